The number of hydrogen-bond acceptors (Lipinski definition) is 4. The lowest BCUT2D eigenvalue weighted by Crippen LogP contribution is -2.33. The highest BCUT2D eigenvalue weighted by atomic mass is 16.5. The standard InChI is InChI=1S/C24H38N2O3/c1-8-9-10-19(24(6,7)28)14-20(27)22-18(5)25-23-21(29-12-11-16(2)3)13-17(4)15-26(22)23/h13,15-16,19,28H,8-12,14H2,1-7H3. The normalized spacial score (nSPS) is 13.3. The Kier molecular flexibility index (Phi) is 7.87. The zero-order valence-electron chi connectivity index (χ0n) is 19.2. The Morgan fingerprint density at radius 1 is 1.28 bits per heavy atom. The van der Waals surface area contributed by atoms with E-state index in [1.165, 1.54) is 0 Å². The third-order valence-electron chi connectivity index (χ3n) is 5.55. The average Bonchev–Trinajstić information content (AvgIpc) is 2.93. The number of imidazole rings is 1. The van der Waals surface area contributed by atoms with Crippen molar-refractivity contribution in [2.75, 3.05) is 6.61 Å². The molecule has 0 radical (unpaired) electrons. The molecule has 1 N–H and O–H groups in total. The number of rotatable bonds is 11. The summed E-state index contributed by atoms with van der Waals surface area (Å²) in [5.74, 6) is 1.23. The van der Waals surface area contributed by atoms with Gasteiger partial charge in [0.1, 0.15) is 5.69 Å². The van der Waals surface area contributed by atoms with Crippen molar-refractivity contribution < 1.29 is 14.6 Å². The maximum absolute atomic E-state index is 13.3. The van der Waals surface area contributed by atoms with Gasteiger partial charge >= 0.3 is 0 Å². The van der Waals surface area contributed by atoms with Crippen molar-refractivity contribution in [3.63, 3.8) is 0 Å². The molecule has 1 unspecified atom stereocenters. The highest BCUT2D eigenvalue weighted by molar-refractivity contribution is 5.97. The van der Waals surface area contributed by atoms with E-state index in [0.29, 0.717) is 36.0 Å². The van der Waals surface area contributed by atoms with E-state index in [1.54, 1.807) is 13.8 Å². The number of carbonyl (C=O) groups is 1. The number of Topliss-reactive ketones (excluding diaryl/α,β-unsaturated/α-hetero) is 1. The summed E-state index contributed by atoms with van der Waals surface area (Å²) in [6, 6.07) is 1.98. The van der Waals surface area contributed by atoms with Crippen molar-refractivity contribution >= 4 is 11.4 Å². The molecule has 1 atom stereocenters. The Bertz CT molecular complexity index is 831. The molecule has 0 amide bonds. The minimum atomic E-state index is -0.889. The van der Waals surface area contributed by atoms with Crippen LogP contribution >= 0.6 is 0 Å². The molecular formula is C24H38N2O3. The summed E-state index contributed by atoms with van der Waals surface area (Å²) < 4.78 is 7.89. The molecule has 5 nitrogen and oxygen atoms in total. The van der Waals surface area contributed by atoms with E-state index in [2.05, 4.69) is 25.8 Å². The highest BCUT2D eigenvalue weighted by Gasteiger charge is 2.30. The monoisotopic (exact) mass is 402 g/mol. The van der Waals surface area contributed by atoms with Gasteiger partial charge in [0.15, 0.2) is 17.2 Å². The topological polar surface area (TPSA) is 63.8 Å². The van der Waals surface area contributed by atoms with E-state index in [1.807, 2.05) is 30.5 Å². The molecule has 0 saturated carbocycles. The fourth-order valence-corrected chi connectivity index (χ4v) is 3.68. The second kappa shape index (κ2) is 9.75. The van der Waals surface area contributed by atoms with Gasteiger partial charge in [0.05, 0.1) is 17.9 Å². The molecule has 0 spiro atoms. The molecule has 5 heteroatoms. The van der Waals surface area contributed by atoms with Crippen molar-refractivity contribution in [1.29, 1.82) is 0 Å². The molecule has 0 aliphatic rings. The first-order valence-electron chi connectivity index (χ1n) is 10.9. The number of nitrogens with zero attached hydrogens (tertiary/aromatic N) is 2. The molecule has 2 heterocycles. The van der Waals surface area contributed by atoms with Crippen molar-refractivity contribution in [2.45, 2.75) is 86.2 Å². The quantitative estimate of drug-likeness (QED) is 0.502. The van der Waals surface area contributed by atoms with Crippen LogP contribution in [0.4, 0.5) is 0 Å². The van der Waals surface area contributed by atoms with Gasteiger partial charge in [-0.05, 0) is 64.0 Å². The van der Waals surface area contributed by atoms with Gasteiger partial charge in [-0.2, -0.15) is 0 Å². The first-order chi connectivity index (χ1) is 13.5. The van der Waals surface area contributed by atoms with E-state index in [-0.39, 0.29) is 11.7 Å². The SMILES string of the molecule is CCCCC(CC(=O)c1c(C)nc2c(OCCC(C)C)cc(C)cn12)C(C)(C)O. The summed E-state index contributed by atoms with van der Waals surface area (Å²) in [5, 5.41) is 10.6. The first-order valence-corrected chi connectivity index (χ1v) is 10.9. The molecule has 29 heavy (non-hydrogen) atoms. The number of aliphatic hydroxyl groups is 1. The van der Waals surface area contributed by atoms with Crippen LogP contribution < -0.4 is 4.74 Å². The lowest BCUT2D eigenvalue weighted by Gasteiger charge is -2.29. The van der Waals surface area contributed by atoms with Gasteiger partial charge in [-0.15, -0.1) is 0 Å². The Morgan fingerprint density at radius 2 is 1.97 bits per heavy atom. The fourth-order valence-electron chi connectivity index (χ4n) is 3.68. The maximum atomic E-state index is 13.3. The molecule has 0 bridgehead atoms. The number of pyridine rings is 1. The highest BCUT2D eigenvalue weighted by Crippen LogP contribution is 2.30. The number of aromatic nitrogens is 2. The van der Waals surface area contributed by atoms with Crippen LogP contribution in [0, 0.1) is 25.7 Å². The van der Waals surface area contributed by atoms with Gasteiger partial charge in [0.2, 0.25) is 0 Å². The van der Waals surface area contributed by atoms with E-state index >= 15 is 0 Å². The third-order valence-corrected chi connectivity index (χ3v) is 5.55. The van der Waals surface area contributed by atoms with Crippen LogP contribution in [0.3, 0.4) is 0 Å². The van der Waals surface area contributed by atoms with Crippen LogP contribution in [-0.2, 0) is 0 Å². The van der Waals surface area contributed by atoms with Crippen LogP contribution in [0.5, 0.6) is 5.75 Å². The van der Waals surface area contributed by atoms with Gasteiger partial charge in [-0.1, -0.05) is 33.6 Å². The lowest BCUT2D eigenvalue weighted by molar-refractivity contribution is 0.00924. The van der Waals surface area contributed by atoms with Gasteiger partial charge in [-0.25, -0.2) is 4.98 Å². The summed E-state index contributed by atoms with van der Waals surface area (Å²) >= 11 is 0. The number of unbranched alkanes of at least 4 members (excludes halogenated alkanes) is 1. The summed E-state index contributed by atoms with van der Waals surface area (Å²) in [4.78, 5) is 17.9. The van der Waals surface area contributed by atoms with Crippen LogP contribution in [-0.4, -0.2) is 32.5 Å². The molecule has 162 valence electrons. The molecule has 0 aromatic carbocycles. The van der Waals surface area contributed by atoms with Crippen LogP contribution in [0.15, 0.2) is 12.3 Å². The third kappa shape index (κ3) is 6.05. The number of fused-ring (bicyclic) bond motifs is 1. The molecular weight excluding hydrogens is 364 g/mol. The van der Waals surface area contributed by atoms with Gasteiger partial charge < -0.3 is 9.84 Å². The Balaban J connectivity index is 2.36. The fraction of sp³-hybridized carbons (Fsp3) is 0.667. The van der Waals surface area contributed by atoms with Crippen molar-refractivity contribution in [1.82, 2.24) is 9.38 Å². The zero-order chi connectivity index (χ0) is 21.8. The second-order valence-electron chi connectivity index (χ2n) is 9.27. The molecule has 2 aromatic heterocycles. The van der Waals surface area contributed by atoms with E-state index < -0.39 is 5.60 Å². The molecule has 2 rings (SSSR count). The predicted octanol–water partition coefficient (Wildman–Crippen LogP) is 5.53. The first kappa shape index (κ1) is 23.4. The minimum Gasteiger partial charge on any atom is -0.490 e. The number of hydrogen-bond donors (Lipinski definition) is 1. The van der Waals surface area contributed by atoms with E-state index in [0.717, 1.165) is 37.0 Å². The zero-order valence-corrected chi connectivity index (χ0v) is 19.2. The van der Waals surface area contributed by atoms with Crippen molar-refractivity contribution in [2.24, 2.45) is 11.8 Å². The van der Waals surface area contributed by atoms with Crippen LogP contribution in [0.25, 0.3) is 5.65 Å². The van der Waals surface area contributed by atoms with E-state index in [4.69, 9.17) is 4.74 Å². The Hall–Kier alpha value is -1.88. The number of carbonyl (C=O) groups excluding carboxylic acids is 1. The van der Waals surface area contributed by atoms with Gasteiger partial charge in [0, 0.05) is 12.6 Å². The number of aryl methyl sites for hydroxylation is 2. The number of ether oxygens (including phenoxy) is 1. The predicted molar refractivity (Wildman–Crippen MR) is 118 cm³/mol. The minimum absolute atomic E-state index is 0.0250. The second-order valence-corrected chi connectivity index (χ2v) is 9.27. The van der Waals surface area contributed by atoms with Gasteiger partial charge in [-0.3, -0.25) is 9.20 Å². The number of ketones is 1. The average molecular weight is 403 g/mol. The largest absolute Gasteiger partial charge is 0.490 e. The molecule has 2 aromatic rings. The molecule has 0 fully saturated rings. The summed E-state index contributed by atoms with van der Waals surface area (Å²) in [6.45, 7) is 14.6. The summed E-state index contributed by atoms with van der Waals surface area (Å²) in [5.41, 5.74) is 2.13. The van der Waals surface area contributed by atoms with Crippen molar-refractivity contribution in [3.8, 4) is 5.75 Å². The smallest absolute Gasteiger partial charge is 0.181 e. The van der Waals surface area contributed by atoms with Gasteiger partial charge in [0.25, 0.3) is 0 Å². The van der Waals surface area contributed by atoms with E-state index in [9.17, 15) is 9.90 Å². The Morgan fingerprint density at radius 3 is 2.55 bits per heavy atom. The van der Waals surface area contributed by atoms with Crippen molar-refractivity contribution in [3.05, 3.63) is 29.2 Å². The molecule has 0 aliphatic carbocycles. The Labute approximate surface area is 175 Å². The maximum Gasteiger partial charge on any atom is 0.181 e. The summed E-state index contributed by atoms with van der Waals surface area (Å²) in [7, 11) is 0. The molecule has 0 aliphatic heterocycles. The molecule has 0 saturated heterocycles. The lowest BCUT2D eigenvalue weighted by atomic mass is 9.82. The van der Waals surface area contributed by atoms with Crippen LogP contribution in [0.1, 0.15) is 88.5 Å². The summed E-state index contributed by atoms with van der Waals surface area (Å²) in [6.07, 6.45) is 6.12. The van der Waals surface area contributed by atoms with Crippen LogP contribution in [0.2, 0.25) is 0 Å².